The lowest BCUT2D eigenvalue weighted by molar-refractivity contribution is 0.414. The summed E-state index contributed by atoms with van der Waals surface area (Å²) in [5.74, 6) is 1.23. The number of imidazole rings is 1. The molecule has 0 amide bonds. The predicted molar refractivity (Wildman–Crippen MR) is 108 cm³/mol. The largest absolute Gasteiger partial charge is 0.497 e. The third kappa shape index (κ3) is 5.09. The number of guanidine groups is 1. The molecule has 0 spiro atoms. The molecule has 3 rings (SSSR count). The van der Waals surface area contributed by atoms with Crippen LogP contribution in [-0.4, -0.2) is 36.2 Å². The molecule has 2 N–H and O–H groups in total. The fraction of sp³-hybridized carbons (Fsp3) is 0.238. The van der Waals surface area contributed by atoms with Crippen molar-refractivity contribution >= 4 is 5.96 Å². The Morgan fingerprint density at radius 3 is 2.57 bits per heavy atom. The number of methoxy groups -OCH3 is 1. The number of nitrogens with one attached hydrogen (secondary N) is 2. The highest BCUT2D eigenvalue weighted by atomic mass is 19.1. The van der Waals surface area contributed by atoms with Crippen LogP contribution in [0.4, 0.5) is 4.39 Å². The van der Waals surface area contributed by atoms with Crippen molar-refractivity contribution in [1.29, 1.82) is 0 Å². The summed E-state index contributed by atoms with van der Waals surface area (Å²) in [7, 11) is 3.37. The Balaban J connectivity index is 1.49. The van der Waals surface area contributed by atoms with E-state index in [1.165, 1.54) is 11.6 Å². The summed E-state index contributed by atoms with van der Waals surface area (Å²) in [6.07, 6.45) is 5.77. The molecule has 0 aliphatic rings. The molecule has 28 heavy (non-hydrogen) atoms. The van der Waals surface area contributed by atoms with E-state index in [2.05, 4.69) is 20.6 Å². The topological polar surface area (TPSA) is 63.5 Å². The van der Waals surface area contributed by atoms with Crippen molar-refractivity contribution in [3.63, 3.8) is 0 Å². The number of nitrogens with zero attached hydrogens (tertiary/aromatic N) is 3. The molecule has 146 valence electrons. The first-order valence-electron chi connectivity index (χ1n) is 9.04. The molecule has 2 aromatic carbocycles. The van der Waals surface area contributed by atoms with E-state index >= 15 is 0 Å². The van der Waals surface area contributed by atoms with Crippen LogP contribution in [0.15, 0.2) is 66.2 Å². The maximum Gasteiger partial charge on any atom is 0.191 e. The second-order valence-corrected chi connectivity index (χ2v) is 6.21. The van der Waals surface area contributed by atoms with Gasteiger partial charge in [0.15, 0.2) is 5.96 Å². The second-order valence-electron chi connectivity index (χ2n) is 6.21. The van der Waals surface area contributed by atoms with E-state index in [9.17, 15) is 4.39 Å². The predicted octanol–water partition coefficient (Wildman–Crippen LogP) is 2.93. The molecule has 0 atom stereocenters. The van der Waals surface area contributed by atoms with Crippen LogP contribution in [0, 0.1) is 5.82 Å². The van der Waals surface area contributed by atoms with Gasteiger partial charge >= 0.3 is 0 Å². The number of halogens is 1. The van der Waals surface area contributed by atoms with E-state index in [4.69, 9.17) is 4.74 Å². The van der Waals surface area contributed by atoms with Crippen LogP contribution in [0.1, 0.15) is 11.1 Å². The molecular formula is C21H24FN5O. The minimum atomic E-state index is -0.292. The average Bonchev–Trinajstić information content (AvgIpc) is 3.25. The van der Waals surface area contributed by atoms with E-state index in [0.29, 0.717) is 18.2 Å². The minimum absolute atomic E-state index is 0.292. The lowest BCUT2D eigenvalue weighted by Gasteiger charge is -2.13. The van der Waals surface area contributed by atoms with Crippen molar-refractivity contribution in [3.05, 3.63) is 78.1 Å². The van der Waals surface area contributed by atoms with Gasteiger partial charge in [0.1, 0.15) is 11.6 Å². The third-order valence-corrected chi connectivity index (χ3v) is 4.34. The Morgan fingerprint density at radius 1 is 1.14 bits per heavy atom. The zero-order chi connectivity index (χ0) is 19.8. The molecule has 0 fully saturated rings. The van der Waals surface area contributed by atoms with Crippen molar-refractivity contribution in [2.45, 2.75) is 13.0 Å². The first-order valence-corrected chi connectivity index (χ1v) is 9.04. The summed E-state index contributed by atoms with van der Waals surface area (Å²) in [4.78, 5) is 8.16. The highest BCUT2D eigenvalue weighted by Gasteiger charge is 2.06. The maximum absolute atomic E-state index is 14.3. The highest BCUT2D eigenvalue weighted by Crippen LogP contribution is 2.15. The SMILES string of the molecule is CN=C(NCCc1ccc(OC)cc1)NCc1ccc(-n2ccnc2)c(F)c1. The summed E-state index contributed by atoms with van der Waals surface area (Å²) in [6.45, 7) is 1.21. The van der Waals surface area contributed by atoms with Crippen molar-refractivity contribution < 1.29 is 9.13 Å². The van der Waals surface area contributed by atoms with Gasteiger partial charge in [0.05, 0.1) is 19.1 Å². The van der Waals surface area contributed by atoms with Gasteiger partial charge in [-0.3, -0.25) is 4.99 Å². The Labute approximate surface area is 164 Å². The van der Waals surface area contributed by atoms with Crippen molar-refractivity contribution in [3.8, 4) is 11.4 Å². The normalized spacial score (nSPS) is 11.3. The average molecular weight is 381 g/mol. The van der Waals surface area contributed by atoms with Crippen molar-refractivity contribution in [2.75, 3.05) is 20.7 Å². The number of benzene rings is 2. The van der Waals surface area contributed by atoms with Crippen LogP contribution >= 0.6 is 0 Å². The molecule has 0 saturated carbocycles. The van der Waals surface area contributed by atoms with E-state index in [1.807, 2.05) is 30.3 Å². The fourth-order valence-corrected chi connectivity index (χ4v) is 2.80. The Bertz CT molecular complexity index is 907. The van der Waals surface area contributed by atoms with Gasteiger partial charge in [0, 0.05) is 32.5 Å². The summed E-state index contributed by atoms with van der Waals surface area (Å²) >= 11 is 0. The number of aromatic nitrogens is 2. The molecule has 6 nitrogen and oxygen atoms in total. The number of aliphatic imine (C=N–C) groups is 1. The van der Waals surface area contributed by atoms with Gasteiger partial charge in [-0.2, -0.15) is 0 Å². The molecule has 1 aromatic heterocycles. The third-order valence-electron chi connectivity index (χ3n) is 4.34. The summed E-state index contributed by atoms with van der Waals surface area (Å²) in [5, 5.41) is 6.47. The molecule has 1 heterocycles. The Morgan fingerprint density at radius 2 is 1.93 bits per heavy atom. The van der Waals surface area contributed by atoms with Gasteiger partial charge in [-0.1, -0.05) is 18.2 Å². The van der Waals surface area contributed by atoms with Gasteiger partial charge in [0.25, 0.3) is 0 Å². The maximum atomic E-state index is 14.3. The zero-order valence-corrected chi connectivity index (χ0v) is 16.0. The second kappa shape index (κ2) is 9.55. The van der Waals surface area contributed by atoms with Crippen molar-refractivity contribution in [2.24, 2.45) is 4.99 Å². The van der Waals surface area contributed by atoms with E-state index in [-0.39, 0.29) is 5.82 Å². The lowest BCUT2D eigenvalue weighted by atomic mass is 10.1. The molecular weight excluding hydrogens is 357 g/mol. The molecule has 0 unspecified atom stereocenters. The number of hydrogen-bond donors (Lipinski definition) is 2. The molecule has 0 saturated heterocycles. The smallest absolute Gasteiger partial charge is 0.191 e. The standard InChI is InChI=1S/C21H24FN5O/c1-23-21(25-10-9-16-3-6-18(28-2)7-4-16)26-14-17-5-8-20(19(22)13-17)27-12-11-24-15-27/h3-8,11-13,15H,9-10,14H2,1-2H3,(H2,23,25,26). The van der Waals surface area contributed by atoms with Crippen LogP contribution in [0.5, 0.6) is 5.75 Å². The van der Waals surface area contributed by atoms with Gasteiger partial charge in [-0.25, -0.2) is 9.37 Å². The van der Waals surface area contributed by atoms with Crippen LogP contribution in [0.3, 0.4) is 0 Å². The highest BCUT2D eigenvalue weighted by molar-refractivity contribution is 5.79. The number of hydrogen-bond acceptors (Lipinski definition) is 3. The van der Waals surface area contributed by atoms with Crippen LogP contribution in [0.2, 0.25) is 0 Å². The number of ether oxygens (including phenoxy) is 1. The Kier molecular flexibility index (Phi) is 6.62. The molecule has 0 radical (unpaired) electrons. The fourth-order valence-electron chi connectivity index (χ4n) is 2.80. The molecule has 7 heteroatoms. The molecule has 0 aliphatic carbocycles. The van der Waals surface area contributed by atoms with E-state index < -0.39 is 0 Å². The van der Waals surface area contributed by atoms with E-state index in [0.717, 1.165) is 24.3 Å². The van der Waals surface area contributed by atoms with Gasteiger partial charge in [-0.15, -0.1) is 0 Å². The molecule has 0 aliphatic heterocycles. The first kappa shape index (κ1) is 19.4. The van der Waals surface area contributed by atoms with E-state index in [1.54, 1.807) is 43.5 Å². The zero-order valence-electron chi connectivity index (χ0n) is 16.0. The first-order chi connectivity index (χ1) is 13.7. The molecule has 3 aromatic rings. The Hall–Kier alpha value is -3.35. The van der Waals surface area contributed by atoms with Gasteiger partial charge in [-0.05, 0) is 41.8 Å². The summed E-state index contributed by atoms with van der Waals surface area (Å²) in [6, 6.07) is 13.1. The lowest BCUT2D eigenvalue weighted by Crippen LogP contribution is -2.37. The monoisotopic (exact) mass is 381 g/mol. The van der Waals surface area contributed by atoms with Gasteiger partial charge < -0.3 is 19.9 Å². The number of rotatable bonds is 7. The molecule has 0 bridgehead atoms. The van der Waals surface area contributed by atoms with Crippen LogP contribution in [-0.2, 0) is 13.0 Å². The van der Waals surface area contributed by atoms with Crippen LogP contribution < -0.4 is 15.4 Å². The summed E-state index contributed by atoms with van der Waals surface area (Å²) < 4.78 is 21.1. The summed E-state index contributed by atoms with van der Waals surface area (Å²) in [5.41, 5.74) is 2.52. The minimum Gasteiger partial charge on any atom is -0.497 e. The van der Waals surface area contributed by atoms with Crippen molar-refractivity contribution in [1.82, 2.24) is 20.2 Å². The van der Waals surface area contributed by atoms with Crippen LogP contribution in [0.25, 0.3) is 5.69 Å². The van der Waals surface area contributed by atoms with Gasteiger partial charge in [0.2, 0.25) is 0 Å². The quantitative estimate of drug-likeness (QED) is 0.488.